The summed E-state index contributed by atoms with van der Waals surface area (Å²) in [5.74, 6) is 2.60. The van der Waals surface area contributed by atoms with E-state index in [4.69, 9.17) is 11.2 Å². The number of fused-ring (bicyclic) bond motifs is 1. The summed E-state index contributed by atoms with van der Waals surface area (Å²) in [6, 6.07) is 5.68. The highest BCUT2D eigenvalue weighted by Crippen LogP contribution is 2.24. The van der Waals surface area contributed by atoms with Gasteiger partial charge in [-0.3, -0.25) is 4.79 Å². The molecule has 1 atom stereocenters. The van der Waals surface area contributed by atoms with Crippen LogP contribution < -0.4 is 9.54 Å². The van der Waals surface area contributed by atoms with E-state index in [1.807, 2.05) is 29.7 Å². The molecule has 0 spiro atoms. The lowest BCUT2D eigenvalue weighted by atomic mass is 9.99. The third kappa shape index (κ3) is 4.46. The number of terminal acetylenes is 1. The Morgan fingerprint density at radius 3 is 2.93 bits per heavy atom. The Bertz CT molecular complexity index is 1090. The van der Waals surface area contributed by atoms with Crippen LogP contribution in [-0.2, 0) is 21.4 Å². The molecule has 7 nitrogen and oxygen atoms in total. The van der Waals surface area contributed by atoms with Crippen molar-refractivity contribution in [3.05, 3.63) is 23.0 Å². The Morgan fingerprint density at radius 1 is 1.46 bits per heavy atom. The van der Waals surface area contributed by atoms with E-state index in [9.17, 15) is 13.2 Å². The van der Waals surface area contributed by atoms with Crippen LogP contribution in [0.2, 0.25) is 0 Å². The molecule has 2 aromatic rings. The molecule has 28 heavy (non-hydrogen) atoms. The van der Waals surface area contributed by atoms with Crippen molar-refractivity contribution in [2.24, 2.45) is 10.9 Å². The number of hydrogen-bond acceptors (Lipinski definition) is 5. The SMILES string of the molecule is C#CCn1c(=NC(=O)C2CCCN(S(C)(=O)=O)C2)sc2cc(OCC)ccc21. The Morgan fingerprint density at radius 2 is 2.25 bits per heavy atom. The maximum atomic E-state index is 12.8. The summed E-state index contributed by atoms with van der Waals surface area (Å²) in [6.45, 7) is 3.40. The fourth-order valence-corrected chi connectivity index (χ4v) is 5.24. The molecule has 1 amide bonds. The zero-order valence-electron chi connectivity index (χ0n) is 15.9. The summed E-state index contributed by atoms with van der Waals surface area (Å²) >= 11 is 1.37. The lowest BCUT2D eigenvalue weighted by Crippen LogP contribution is -2.41. The van der Waals surface area contributed by atoms with Crippen LogP contribution in [-0.4, -0.2) is 49.1 Å². The number of piperidine rings is 1. The van der Waals surface area contributed by atoms with Crippen LogP contribution in [0.15, 0.2) is 23.2 Å². The van der Waals surface area contributed by atoms with Crippen LogP contribution in [0.3, 0.4) is 0 Å². The van der Waals surface area contributed by atoms with Gasteiger partial charge >= 0.3 is 0 Å². The molecular weight excluding hydrogens is 398 g/mol. The monoisotopic (exact) mass is 421 g/mol. The molecule has 1 unspecified atom stereocenters. The molecular formula is C19H23N3O4S2. The van der Waals surface area contributed by atoms with E-state index < -0.39 is 15.9 Å². The average molecular weight is 422 g/mol. The molecule has 0 radical (unpaired) electrons. The van der Waals surface area contributed by atoms with Gasteiger partial charge in [-0.25, -0.2) is 12.7 Å². The molecule has 1 saturated heterocycles. The molecule has 150 valence electrons. The minimum absolute atomic E-state index is 0.176. The van der Waals surface area contributed by atoms with Gasteiger partial charge in [0, 0.05) is 13.1 Å². The van der Waals surface area contributed by atoms with E-state index in [0.29, 0.717) is 37.3 Å². The fourth-order valence-electron chi connectivity index (χ4n) is 3.27. The molecule has 9 heteroatoms. The first-order valence-corrected chi connectivity index (χ1v) is 11.7. The second kappa shape index (κ2) is 8.47. The van der Waals surface area contributed by atoms with Crippen molar-refractivity contribution in [3.63, 3.8) is 0 Å². The number of nitrogens with zero attached hydrogens (tertiary/aromatic N) is 3. The van der Waals surface area contributed by atoms with Crippen molar-refractivity contribution >= 4 is 37.5 Å². The minimum atomic E-state index is -3.32. The Labute approximate surface area is 168 Å². The predicted molar refractivity (Wildman–Crippen MR) is 110 cm³/mol. The smallest absolute Gasteiger partial charge is 0.252 e. The number of amides is 1. The van der Waals surface area contributed by atoms with Crippen molar-refractivity contribution < 1.29 is 17.9 Å². The summed E-state index contributed by atoms with van der Waals surface area (Å²) in [5, 5.41) is 0. The topological polar surface area (TPSA) is 81.0 Å². The molecule has 0 bridgehead atoms. The molecule has 1 aliphatic rings. The first kappa shape index (κ1) is 20.6. The lowest BCUT2D eigenvalue weighted by Gasteiger charge is -2.28. The van der Waals surface area contributed by atoms with Crippen LogP contribution >= 0.6 is 11.3 Å². The van der Waals surface area contributed by atoms with Gasteiger partial charge in [0.05, 0.1) is 35.5 Å². The number of thiazole rings is 1. The Kier molecular flexibility index (Phi) is 6.23. The highest BCUT2D eigenvalue weighted by atomic mass is 32.2. The van der Waals surface area contributed by atoms with Crippen LogP contribution in [0.25, 0.3) is 10.2 Å². The number of ether oxygens (including phenoxy) is 1. The number of hydrogen-bond donors (Lipinski definition) is 0. The Balaban J connectivity index is 1.97. The van der Waals surface area contributed by atoms with Crippen LogP contribution in [0.5, 0.6) is 5.75 Å². The van der Waals surface area contributed by atoms with E-state index in [2.05, 4.69) is 10.9 Å². The summed E-state index contributed by atoms with van der Waals surface area (Å²) < 4.78 is 33.2. The van der Waals surface area contributed by atoms with Crippen LogP contribution in [0.1, 0.15) is 19.8 Å². The van der Waals surface area contributed by atoms with E-state index >= 15 is 0 Å². The van der Waals surface area contributed by atoms with E-state index in [0.717, 1.165) is 16.0 Å². The van der Waals surface area contributed by atoms with Gasteiger partial charge in [0.25, 0.3) is 5.91 Å². The van der Waals surface area contributed by atoms with Gasteiger partial charge in [0.2, 0.25) is 10.0 Å². The van der Waals surface area contributed by atoms with Crippen molar-refractivity contribution in [2.75, 3.05) is 26.0 Å². The van der Waals surface area contributed by atoms with Gasteiger partial charge in [0.15, 0.2) is 4.80 Å². The summed E-state index contributed by atoms with van der Waals surface area (Å²) in [7, 11) is -3.32. The Hall–Kier alpha value is -2.15. The number of carbonyl (C=O) groups excluding carboxylic acids is 1. The highest BCUT2D eigenvalue weighted by Gasteiger charge is 2.30. The quantitative estimate of drug-likeness (QED) is 0.690. The van der Waals surface area contributed by atoms with Gasteiger partial charge in [-0.1, -0.05) is 17.3 Å². The molecule has 1 aromatic carbocycles. The molecule has 0 saturated carbocycles. The molecule has 1 aromatic heterocycles. The van der Waals surface area contributed by atoms with Gasteiger partial charge in [-0.05, 0) is 38.0 Å². The molecule has 0 aliphatic carbocycles. The second-order valence-electron chi connectivity index (χ2n) is 6.65. The van der Waals surface area contributed by atoms with E-state index in [1.54, 1.807) is 0 Å². The van der Waals surface area contributed by atoms with Crippen LogP contribution in [0, 0.1) is 18.3 Å². The third-order valence-electron chi connectivity index (χ3n) is 4.62. The maximum absolute atomic E-state index is 12.8. The van der Waals surface area contributed by atoms with Crippen molar-refractivity contribution in [1.29, 1.82) is 0 Å². The minimum Gasteiger partial charge on any atom is -0.494 e. The largest absolute Gasteiger partial charge is 0.494 e. The maximum Gasteiger partial charge on any atom is 0.252 e. The average Bonchev–Trinajstić information content (AvgIpc) is 2.98. The van der Waals surface area contributed by atoms with Crippen LogP contribution in [0.4, 0.5) is 0 Å². The predicted octanol–water partition coefficient (Wildman–Crippen LogP) is 1.83. The van der Waals surface area contributed by atoms with Gasteiger partial charge < -0.3 is 9.30 Å². The van der Waals surface area contributed by atoms with Crippen molar-refractivity contribution in [1.82, 2.24) is 8.87 Å². The van der Waals surface area contributed by atoms with Crippen molar-refractivity contribution in [2.45, 2.75) is 26.3 Å². The van der Waals surface area contributed by atoms with Crippen molar-refractivity contribution in [3.8, 4) is 18.1 Å². The van der Waals surface area contributed by atoms with E-state index in [1.165, 1.54) is 21.9 Å². The number of benzene rings is 1. The number of rotatable bonds is 5. The number of carbonyl (C=O) groups is 1. The van der Waals surface area contributed by atoms with Gasteiger partial charge in [-0.2, -0.15) is 4.99 Å². The molecule has 2 heterocycles. The summed E-state index contributed by atoms with van der Waals surface area (Å²) in [4.78, 5) is 17.6. The molecule has 3 rings (SSSR count). The van der Waals surface area contributed by atoms with E-state index in [-0.39, 0.29) is 12.5 Å². The van der Waals surface area contributed by atoms with Gasteiger partial charge in [0.1, 0.15) is 5.75 Å². The first-order valence-electron chi connectivity index (χ1n) is 9.06. The summed E-state index contributed by atoms with van der Waals surface area (Å²) in [5.41, 5.74) is 0.888. The molecule has 1 fully saturated rings. The van der Waals surface area contributed by atoms with Gasteiger partial charge in [-0.15, -0.1) is 6.42 Å². The summed E-state index contributed by atoms with van der Waals surface area (Å²) in [6.07, 6.45) is 7.95. The number of sulfonamides is 1. The third-order valence-corrected chi connectivity index (χ3v) is 6.93. The normalized spacial score (nSPS) is 18.9. The molecule has 1 aliphatic heterocycles. The molecule has 0 N–H and O–H groups in total. The number of aromatic nitrogens is 1. The standard InChI is InChI=1S/C19H23N3O4S2/c1-4-10-22-16-9-8-15(26-5-2)12-17(16)27-19(22)20-18(23)14-7-6-11-21(13-14)28(3,24)25/h1,8-9,12,14H,5-7,10-11,13H2,2-3H3. The fraction of sp³-hybridized carbons (Fsp3) is 0.474. The zero-order chi connectivity index (χ0) is 20.3. The first-order chi connectivity index (χ1) is 13.3. The zero-order valence-corrected chi connectivity index (χ0v) is 17.6. The lowest BCUT2D eigenvalue weighted by molar-refractivity contribution is -0.122. The second-order valence-corrected chi connectivity index (χ2v) is 9.64. The highest BCUT2D eigenvalue weighted by molar-refractivity contribution is 7.88.